The Morgan fingerprint density at radius 1 is 0.915 bits per heavy atom. The maximum Gasteiger partial charge on any atom is 0.323 e. The first-order valence-electron chi connectivity index (χ1n) is 15.4. The molecule has 248 valence electrons. The first-order chi connectivity index (χ1) is 22.7. The van der Waals surface area contributed by atoms with E-state index in [2.05, 4.69) is 30.9 Å². The van der Waals surface area contributed by atoms with Gasteiger partial charge in [-0.1, -0.05) is 72.1 Å². The lowest BCUT2D eigenvalue weighted by atomic mass is 9.99. The zero-order valence-electron chi connectivity index (χ0n) is 26.4. The van der Waals surface area contributed by atoms with E-state index in [0.717, 1.165) is 48.1 Å². The zero-order chi connectivity index (χ0) is 33.8. The molecule has 0 bridgehead atoms. The molecule has 3 amide bonds. The molecule has 0 radical (unpaired) electrons. The van der Waals surface area contributed by atoms with Crippen LogP contribution in [0.25, 0.3) is 22.4 Å². The normalized spacial score (nSPS) is 11.0. The molecule has 4 N–H and O–H groups in total. The van der Waals surface area contributed by atoms with Gasteiger partial charge in [-0.15, -0.1) is 0 Å². The van der Waals surface area contributed by atoms with E-state index in [1.165, 1.54) is 23.1 Å². The number of aromatic nitrogens is 3. The van der Waals surface area contributed by atoms with Crippen LogP contribution >= 0.6 is 23.2 Å². The fourth-order valence-corrected chi connectivity index (χ4v) is 5.36. The molecule has 0 unspecified atom stereocenters. The van der Waals surface area contributed by atoms with Crippen LogP contribution in [0.2, 0.25) is 10.0 Å². The van der Waals surface area contributed by atoms with Crippen LogP contribution in [0.1, 0.15) is 31.7 Å². The predicted octanol–water partition coefficient (Wildman–Crippen LogP) is 5.70. The Kier molecular flexibility index (Phi) is 13.3. The number of aliphatic hydroxyl groups is 1. The molecule has 47 heavy (non-hydrogen) atoms. The van der Waals surface area contributed by atoms with E-state index in [-0.39, 0.29) is 33.9 Å². The van der Waals surface area contributed by atoms with Crippen molar-refractivity contribution < 1.29 is 14.7 Å². The van der Waals surface area contributed by atoms with Crippen LogP contribution in [0.15, 0.2) is 71.8 Å². The molecule has 0 fully saturated rings. The Morgan fingerprint density at radius 3 is 2.34 bits per heavy atom. The van der Waals surface area contributed by atoms with Crippen molar-refractivity contribution in [2.75, 3.05) is 43.9 Å². The lowest BCUT2D eigenvalue weighted by molar-refractivity contribution is -0.120. The van der Waals surface area contributed by atoms with E-state index in [4.69, 9.17) is 28.3 Å². The second kappa shape index (κ2) is 17.6. The smallest absolute Gasteiger partial charge is 0.323 e. The van der Waals surface area contributed by atoms with Gasteiger partial charge >= 0.3 is 6.03 Å². The monoisotopic (exact) mass is 679 g/mol. The van der Waals surface area contributed by atoms with Gasteiger partial charge in [-0.2, -0.15) is 5.10 Å². The van der Waals surface area contributed by atoms with Crippen LogP contribution < -0.4 is 21.5 Å². The van der Waals surface area contributed by atoms with E-state index in [1.807, 2.05) is 55.6 Å². The van der Waals surface area contributed by atoms with Gasteiger partial charge in [0.15, 0.2) is 0 Å². The fraction of sp³-hybridized carbons (Fsp3) is 0.324. The molecule has 0 spiro atoms. The van der Waals surface area contributed by atoms with Gasteiger partial charge < -0.3 is 26.0 Å². The number of nitrogens with zero attached hydrogens (tertiary/aromatic N) is 4. The minimum Gasteiger partial charge on any atom is -0.395 e. The first-order valence-corrected chi connectivity index (χ1v) is 16.2. The van der Waals surface area contributed by atoms with Gasteiger partial charge in [0.1, 0.15) is 5.69 Å². The quantitative estimate of drug-likeness (QED) is 0.118. The number of likely N-dealkylation sites (N-methyl/N-ethyl adjacent to an activating group) is 1. The highest BCUT2D eigenvalue weighted by Gasteiger charge is 2.15. The number of rotatable bonds is 15. The number of halogens is 2. The molecular formula is C34H39Cl2N7O4. The fourth-order valence-electron chi connectivity index (χ4n) is 4.90. The molecule has 4 rings (SSSR count). The minimum absolute atomic E-state index is 0.0145. The van der Waals surface area contributed by atoms with E-state index in [0.29, 0.717) is 31.7 Å². The summed E-state index contributed by atoms with van der Waals surface area (Å²) in [6.07, 6.45) is 5.96. The highest BCUT2D eigenvalue weighted by atomic mass is 35.5. The number of hydrogen-bond donors (Lipinski definition) is 4. The minimum atomic E-state index is -0.697. The van der Waals surface area contributed by atoms with Gasteiger partial charge in [0.05, 0.1) is 34.5 Å². The lowest BCUT2D eigenvalue weighted by Crippen LogP contribution is -2.29. The van der Waals surface area contributed by atoms with Crippen molar-refractivity contribution in [2.45, 2.75) is 39.2 Å². The van der Waals surface area contributed by atoms with Crippen molar-refractivity contribution in [3.8, 4) is 22.4 Å². The van der Waals surface area contributed by atoms with Crippen LogP contribution in [0.3, 0.4) is 0 Å². The molecule has 13 heteroatoms. The lowest BCUT2D eigenvalue weighted by Gasteiger charge is -2.14. The highest BCUT2D eigenvalue weighted by Crippen LogP contribution is 2.29. The highest BCUT2D eigenvalue weighted by molar-refractivity contribution is 6.39. The summed E-state index contributed by atoms with van der Waals surface area (Å²) in [7, 11) is 1.99. The van der Waals surface area contributed by atoms with Crippen LogP contribution in [0, 0.1) is 0 Å². The van der Waals surface area contributed by atoms with Crippen molar-refractivity contribution >= 4 is 46.5 Å². The van der Waals surface area contributed by atoms with E-state index < -0.39 is 11.6 Å². The summed E-state index contributed by atoms with van der Waals surface area (Å²) in [5.74, 6) is -0.0145. The maximum absolute atomic E-state index is 13.0. The van der Waals surface area contributed by atoms with E-state index >= 15 is 0 Å². The average molecular weight is 681 g/mol. The third kappa shape index (κ3) is 10.4. The number of pyridine rings is 1. The third-order valence-electron chi connectivity index (χ3n) is 7.44. The third-order valence-corrected chi connectivity index (χ3v) is 8.02. The van der Waals surface area contributed by atoms with Gasteiger partial charge in [0, 0.05) is 37.6 Å². The Morgan fingerprint density at radius 2 is 1.64 bits per heavy atom. The summed E-state index contributed by atoms with van der Waals surface area (Å²) in [5.41, 5.74) is 3.78. The number of hydrogen-bond acceptors (Lipinski definition) is 7. The number of amides is 3. The first kappa shape index (κ1) is 35.6. The van der Waals surface area contributed by atoms with Crippen LogP contribution in [0.5, 0.6) is 0 Å². The summed E-state index contributed by atoms with van der Waals surface area (Å²) in [6.45, 7) is 4.50. The van der Waals surface area contributed by atoms with Crippen molar-refractivity contribution in [1.29, 1.82) is 0 Å². The van der Waals surface area contributed by atoms with Crippen LogP contribution in [-0.2, 0) is 17.8 Å². The molecule has 2 aromatic heterocycles. The molecule has 0 aliphatic heterocycles. The maximum atomic E-state index is 13.0. The largest absolute Gasteiger partial charge is 0.395 e. The molecule has 0 aliphatic carbocycles. The molecule has 11 nitrogen and oxygen atoms in total. The number of nitrogens with one attached hydrogen (secondary N) is 3. The number of carbonyl (C=O) groups is 2. The van der Waals surface area contributed by atoms with Crippen molar-refractivity contribution in [3.63, 3.8) is 0 Å². The number of unbranched alkanes of at least 4 members (excludes halogenated alkanes) is 2. The topological polar surface area (TPSA) is 141 Å². The summed E-state index contributed by atoms with van der Waals surface area (Å²) in [6, 6.07) is 16.4. The number of urea groups is 1. The molecule has 2 heterocycles. The van der Waals surface area contributed by atoms with Crippen molar-refractivity contribution in [2.24, 2.45) is 0 Å². The number of aliphatic hydroxyl groups excluding tert-OH is 1. The van der Waals surface area contributed by atoms with Crippen molar-refractivity contribution in [3.05, 3.63) is 93.0 Å². The van der Waals surface area contributed by atoms with E-state index in [9.17, 15) is 14.4 Å². The molecule has 0 saturated heterocycles. The zero-order valence-corrected chi connectivity index (χ0v) is 27.9. The van der Waals surface area contributed by atoms with Gasteiger partial charge in [-0.05, 0) is 62.2 Å². The Hall–Kier alpha value is -4.29. The SMILES string of the molecule is CCn1nc(-c2cccc(-c3ccc(CC(=O)NCCCCCN(C)CCO)cc3)c2)cc(NC(=O)Nc2c(Cl)cncc2Cl)c1=O. The Balaban J connectivity index is 1.39. The summed E-state index contributed by atoms with van der Waals surface area (Å²) in [4.78, 5) is 44.2. The van der Waals surface area contributed by atoms with E-state index in [1.54, 1.807) is 6.92 Å². The number of aryl methyl sites for hydroxylation is 1. The summed E-state index contributed by atoms with van der Waals surface area (Å²) in [5, 5.41) is 21.9. The summed E-state index contributed by atoms with van der Waals surface area (Å²) >= 11 is 12.2. The van der Waals surface area contributed by atoms with Gasteiger partial charge in [-0.3, -0.25) is 14.6 Å². The van der Waals surface area contributed by atoms with Gasteiger partial charge in [-0.25, -0.2) is 9.48 Å². The Bertz CT molecular complexity index is 1710. The molecule has 0 atom stereocenters. The number of benzene rings is 2. The van der Waals surface area contributed by atoms with Gasteiger partial charge in [0.25, 0.3) is 5.56 Å². The van der Waals surface area contributed by atoms with Crippen LogP contribution in [0.4, 0.5) is 16.2 Å². The molecule has 4 aromatic rings. The second-order valence-electron chi connectivity index (χ2n) is 11.0. The second-order valence-corrected chi connectivity index (χ2v) is 11.8. The molecule has 0 aliphatic rings. The number of anilines is 2. The standard InChI is InChI=1S/C34H39Cl2N7O4/c1-3-43-33(46)30(39-34(47)40-32-27(35)21-37-22-28(32)36)20-29(41-43)26-9-7-8-25(19-26)24-12-10-23(11-13-24)18-31(45)38-14-5-4-6-15-42(2)16-17-44/h7-13,19-22,44H,3-6,14-18H2,1-2H3,(H,38,45)(H2,37,39,40,47). The van der Waals surface area contributed by atoms with Crippen molar-refractivity contribution in [1.82, 2.24) is 25.0 Å². The molecular weight excluding hydrogens is 641 g/mol. The van der Waals surface area contributed by atoms with Gasteiger partial charge in [0.2, 0.25) is 5.91 Å². The predicted molar refractivity (Wildman–Crippen MR) is 187 cm³/mol. The molecule has 0 saturated carbocycles. The van der Waals surface area contributed by atoms with Crippen LogP contribution in [-0.4, -0.2) is 70.0 Å². The number of carbonyl (C=O) groups excluding carboxylic acids is 2. The molecule has 2 aromatic carbocycles. The summed E-state index contributed by atoms with van der Waals surface area (Å²) < 4.78 is 1.28. The average Bonchev–Trinajstić information content (AvgIpc) is 3.06. The Labute approximate surface area is 283 Å².